The van der Waals surface area contributed by atoms with Gasteiger partial charge in [-0.25, -0.2) is 13.8 Å². The van der Waals surface area contributed by atoms with Crippen molar-refractivity contribution < 1.29 is 13.6 Å². The molecule has 6 heteroatoms. The number of hydrogen-bond acceptors (Lipinski definition) is 2. The maximum Gasteiger partial charge on any atom is 0.243 e. The number of aromatic nitrogens is 2. The number of amides is 1. The molecule has 2 saturated carbocycles. The first kappa shape index (κ1) is 25.9. The summed E-state index contributed by atoms with van der Waals surface area (Å²) in [5, 5.41) is 3.35. The monoisotopic (exact) mass is 507 g/mol. The van der Waals surface area contributed by atoms with Crippen molar-refractivity contribution in [1.82, 2.24) is 14.9 Å². The molecule has 1 atom stereocenters. The zero-order valence-corrected chi connectivity index (χ0v) is 22.1. The van der Waals surface area contributed by atoms with Gasteiger partial charge < -0.3 is 9.88 Å². The predicted octanol–water partition coefficient (Wildman–Crippen LogP) is 7.60. The second-order valence-electron chi connectivity index (χ2n) is 11.4. The SMILES string of the molecule is CC(C)c1ccc(Cc2nc3cc(F)c(F)cc3n2C(C(=O)NC2CCCCC2)C2CCCCC2)cc1. The number of fused-ring (bicyclic) bond motifs is 1. The van der Waals surface area contributed by atoms with Crippen LogP contribution in [0.25, 0.3) is 11.0 Å². The van der Waals surface area contributed by atoms with Gasteiger partial charge in [0.1, 0.15) is 11.9 Å². The van der Waals surface area contributed by atoms with Gasteiger partial charge in [-0.1, -0.05) is 76.6 Å². The third-order valence-electron chi connectivity index (χ3n) is 8.41. The van der Waals surface area contributed by atoms with Crippen LogP contribution in [0, 0.1) is 17.6 Å². The van der Waals surface area contributed by atoms with Crippen molar-refractivity contribution in [1.29, 1.82) is 0 Å². The van der Waals surface area contributed by atoms with Gasteiger partial charge >= 0.3 is 0 Å². The fourth-order valence-electron chi connectivity index (χ4n) is 6.30. The summed E-state index contributed by atoms with van der Waals surface area (Å²) in [4.78, 5) is 18.8. The van der Waals surface area contributed by atoms with E-state index in [0.717, 1.165) is 56.9 Å². The molecule has 1 N–H and O–H groups in total. The van der Waals surface area contributed by atoms with Gasteiger partial charge in [0.2, 0.25) is 5.91 Å². The molecule has 2 aliphatic carbocycles. The van der Waals surface area contributed by atoms with E-state index in [-0.39, 0.29) is 17.9 Å². The lowest BCUT2D eigenvalue weighted by Crippen LogP contribution is -2.43. The lowest BCUT2D eigenvalue weighted by atomic mass is 9.82. The molecule has 3 aromatic rings. The van der Waals surface area contributed by atoms with E-state index >= 15 is 0 Å². The Labute approximate surface area is 218 Å². The second kappa shape index (κ2) is 11.3. The van der Waals surface area contributed by atoms with E-state index in [1.807, 2.05) is 4.57 Å². The average Bonchev–Trinajstić information content (AvgIpc) is 3.22. The zero-order chi connectivity index (χ0) is 25.9. The van der Waals surface area contributed by atoms with Gasteiger partial charge in [0.05, 0.1) is 11.0 Å². The summed E-state index contributed by atoms with van der Waals surface area (Å²) >= 11 is 0. The molecule has 1 amide bonds. The van der Waals surface area contributed by atoms with Gasteiger partial charge in [-0.15, -0.1) is 0 Å². The highest BCUT2D eigenvalue weighted by atomic mass is 19.2. The molecule has 0 bridgehead atoms. The summed E-state index contributed by atoms with van der Waals surface area (Å²) in [6.45, 7) is 4.33. The average molecular weight is 508 g/mol. The molecule has 1 heterocycles. The van der Waals surface area contributed by atoms with Gasteiger partial charge in [0.15, 0.2) is 11.6 Å². The number of benzene rings is 2. The molecule has 2 fully saturated rings. The fourth-order valence-corrected chi connectivity index (χ4v) is 6.30. The van der Waals surface area contributed by atoms with E-state index in [4.69, 9.17) is 4.98 Å². The van der Waals surface area contributed by atoms with Crippen molar-refractivity contribution in [2.45, 2.75) is 102 Å². The van der Waals surface area contributed by atoms with Crippen molar-refractivity contribution in [3.05, 3.63) is 65.0 Å². The number of imidazole rings is 1. The lowest BCUT2D eigenvalue weighted by Gasteiger charge is -2.33. The van der Waals surface area contributed by atoms with Crippen molar-refractivity contribution >= 4 is 16.9 Å². The molecule has 37 heavy (non-hydrogen) atoms. The highest BCUT2D eigenvalue weighted by Gasteiger charge is 2.35. The Morgan fingerprint density at radius 2 is 1.57 bits per heavy atom. The number of halogens is 2. The molecule has 1 aromatic heterocycles. The van der Waals surface area contributed by atoms with Gasteiger partial charge in [0, 0.05) is 24.6 Å². The van der Waals surface area contributed by atoms with E-state index in [9.17, 15) is 13.6 Å². The summed E-state index contributed by atoms with van der Waals surface area (Å²) in [5.74, 6) is -0.554. The molecule has 198 valence electrons. The summed E-state index contributed by atoms with van der Waals surface area (Å²) in [7, 11) is 0. The van der Waals surface area contributed by atoms with Crippen LogP contribution in [0.4, 0.5) is 8.78 Å². The van der Waals surface area contributed by atoms with Gasteiger partial charge in [-0.05, 0) is 48.6 Å². The van der Waals surface area contributed by atoms with E-state index in [0.29, 0.717) is 29.2 Å². The summed E-state index contributed by atoms with van der Waals surface area (Å²) in [6, 6.07) is 10.5. The van der Waals surface area contributed by atoms with Gasteiger partial charge in [-0.2, -0.15) is 0 Å². The van der Waals surface area contributed by atoms with Crippen molar-refractivity contribution in [3.8, 4) is 0 Å². The normalized spacial score (nSPS) is 18.4. The Hall–Kier alpha value is -2.76. The Kier molecular flexibility index (Phi) is 7.92. The topological polar surface area (TPSA) is 46.9 Å². The Balaban J connectivity index is 1.58. The first-order chi connectivity index (χ1) is 17.9. The van der Waals surface area contributed by atoms with Crippen molar-refractivity contribution in [3.63, 3.8) is 0 Å². The van der Waals surface area contributed by atoms with Crippen LogP contribution in [-0.4, -0.2) is 21.5 Å². The third kappa shape index (κ3) is 5.73. The molecule has 1 unspecified atom stereocenters. The summed E-state index contributed by atoms with van der Waals surface area (Å²) in [6.07, 6.45) is 11.2. The maximum atomic E-state index is 14.5. The van der Waals surface area contributed by atoms with Crippen LogP contribution in [-0.2, 0) is 11.2 Å². The Bertz CT molecular complexity index is 1220. The van der Waals surface area contributed by atoms with Crippen LogP contribution in [0.5, 0.6) is 0 Å². The minimum absolute atomic E-state index is 0.000705. The molecule has 2 aliphatic rings. The second-order valence-corrected chi connectivity index (χ2v) is 11.4. The highest BCUT2D eigenvalue weighted by Crippen LogP contribution is 2.37. The first-order valence-electron chi connectivity index (χ1n) is 14.2. The number of nitrogens with zero attached hydrogens (tertiary/aromatic N) is 2. The predicted molar refractivity (Wildman–Crippen MR) is 144 cm³/mol. The van der Waals surface area contributed by atoms with Gasteiger partial charge in [-0.3, -0.25) is 4.79 Å². The van der Waals surface area contributed by atoms with Gasteiger partial charge in [0.25, 0.3) is 0 Å². The summed E-state index contributed by atoms with van der Waals surface area (Å²) < 4.78 is 30.8. The molecule has 0 saturated heterocycles. The number of nitrogens with one attached hydrogen (secondary N) is 1. The zero-order valence-electron chi connectivity index (χ0n) is 22.1. The number of rotatable bonds is 7. The van der Waals surface area contributed by atoms with Crippen LogP contribution in [0.2, 0.25) is 0 Å². The highest BCUT2D eigenvalue weighted by molar-refractivity contribution is 5.85. The third-order valence-corrected chi connectivity index (χ3v) is 8.41. The Morgan fingerprint density at radius 1 is 0.946 bits per heavy atom. The van der Waals surface area contributed by atoms with E-state index in [1.54, 1.807) is 0 Å². The standard InChI is InChI=1S/C31H39F2N3O/c1-20(2)22-15-13-21(14-16-22)17-29-35-27-18-25(32)26(33)19-28(27)36(29)30(23-9-5-3-6-10-23)31(37)34-24-11-7-4-8-12-24/h13-16,18-20,23-24,30H,3-12,17H2,1-2H3,(H,34,37). The first-order valence-corrected chi connectivity index (χ1v) is 14.2. The minimum atomic E-state index is -0.911. The Morgan fingerprint density at radius 3 is 2.22 bits per heavy atom. The molecular weight excluding hydrogens is 468 g/mol. The molecule has 5 rings (SSSR count). The van der Waals surface area contributed by atoms with Crippen LogP contribution < -0.4 is 5.32 Å². The number of carbonyl (C=O) groups excluding carboxylic acids is 1. The van der Waals surface area contributed by atoms with Crippen LogP contribution >= 0.6 is 0 Å². The maximum absolute atomic E-state index is 14.5. The summed E-state index contributed by atoms with van der Waals surface area (Å²) in [5.41, 5.74) is 3.23. The van der Waals surface area contributed by atoms with Crippen molar-refractivity contribution in [2.24, 2.45) is 5.92 Å². The molecule has 0 aliphatic heterocycles. The lowest BCUT2D eigenvalue weighted by molar-refractivity contribution is -0.127. The van der Waals surface area contributed by atoms with E-state index < -0.39 is 17.7 Å². The fraction of sp³-hybridized carbons (Fsp3) is 0.548. The molecule has 0 spiro atoms. The van der Waals surface area contributed by atoms with Crippen LogP contribution in [0.1, 0.15) is 107 Å². The molecule has 0 radical (unpaired) electrons. The number of hydrogen-bond donors (Lipinski definition) is 1. The van der Waals surface area contributed by atoms with Crippen molar-refractivity contribution in [2.75, 3.05) is 0 Å². The van der Waals surface area contributed by atoms with E-state index in [1.165, 1.54) is 30.5 Å². The largest absolute Gasteiger partial charge is 0.352 e. The quantitative estimate of drug-likeness (QED) is 0.358. The van der Waals surface area contributed by atoms with Crippen LogP contribution in [0.15, 0.2) is 36.4 Å². The smallest absolute Gasteiger partial charge is 0.243 e. The molecule has 2 aromatic carbocycles. The minimum Gasteiger partial charge on any atom is -0.352 e. The van der Waals surface area contributed by atoms with E-state index in [2.05, 4.69) is 43.4 Å². The molecular formula is C31H39F2N3O. The molecule has 4 nitrogen and oxygen atoms in total. The van der Waals surface area contributed by atoms with Crippen LogP contribution in [0.3, 0.4) is 0 Å². The number of carbonyl (C=O) groups is 1.